The van der Waals surface area contributed by atoms with Crippen LogP contribution in [-0.4, -0.2) is 5.33 Å². The van der Waals surface area contributed by atoms with Crippen molar-refractivity contribution in [3.8, 4) is 0 Å². The van der Waals surface area contributed by atoms with Gasteiger partial charge in [-0.15, -0.1) is 0 Å². The van der Waals surface area contributed by atoms with Crippen molar-refractivity contribution in [2.75, 3.05) is 5.33 Å². The van der Waals surface area contributed by atoms with E-state index in [1.54, 1.807) is 12.1 Å². The van der Waals surface area contributed by atoms with E-state index in [1.165, 1.54) is 0 Å². The molecule has 0 aliphatic heterocycles. The van der Waals surface area contributed by atoms with E-state index in [1.807, 2.05) is 6.07 Å². The minimum absolute atomic E-state index is 0.208. The minimum Gasteiger partial charge on any atom is -0.205 e. The van der Waals surface area contributed by atoms with Crippen LogP contribution in [0.5, 0.6) is 0 Å². The van der Waals surface area contributed by atoms with Crippen LogP contribution in [0.2, 0.25) is 5.02 Å². The highest BCUT2D eigenvalue weighted by molar-refractivity contribution is 9.09. The molecule has 70 valence electrons. The molecule has 0 bridgehead atoms. The van der Waals surface area contributed by atoms with Gasteiger partial charge in [0.15, 0.2) is 0 Å². The van der Waals surface area contributed by atoms with Crippen molar-refractivity contribution in [3.63, 3.8) is 0 Å². The summed E-state index contributed by atoms with van der Waals surface area (Å²) in [5.41, 5.74) is 1.08. The summed E-state index contributed by atoms with van der Waals surface area (Å²) in [5, 5.41) is 1.21. The Balaban J connectivity index is 2.19. The van der Waals surface area contributed by atoms with E-state index in [9.17, 15) is 4.39 Å². The second-order valence-corrected chi connectivity index (χ2v) is 4.48. The zero-order valence-corrected chi connectivity index (χ0v) is 9.28. The SMILES string of the molecule is Fc1cc(C2CC2CBr)ccc1Cl. The molecule has 3 heteroatoms. The fourth-order valence-corrected chi connectivity index (χ4v) is 2.40. The smallest absolute Gasteiger partial charge is 0.142 e. The van der Waals surface area contributed by atoms with Gasteiger partial charge in [0.2, 0.25) is 0 Å². The molecule has 1 saturated carbocycles. The molecule has 0 radical (unpaired) electrons. The van der Waals surface area contributed by atoms with Crippen molar-refractivity contribution in [1.29, 1.82) is 0 Å². The summed E-state index contributed by atoms with van der Waals surface area (Å²) in [6.07, 6.45) is 1.16. The fraction of sp³-hybridized carbons (Fsp3) is 0.400. The first-order valence-electron chi connectivity index (χ1n) is 4.23. The topological polar surface area (TPSA) is 0 Å². The van der Waals surface area contributed by atoms with Crippen LogP contribution >= 0.6 is 27.5 Å². The molecule has 2 unspecified atom stereocenters. The Morgan fingerprint density at radius 1 is 1.54 bits per heavy atom. The number of alkyl halides is 1. The van der Waals surface area contributed by atoms with Gasteiger partial charge in [0.25, 0.3) is 0 Å². The zero-order valence-electron chi connectivity index (χ0n) is 6.93. The molecule has 2 atom stereocenters. The van der Waals surface area contributed by atoms with Gasteiger partial charge in [0, 0.05) is 5.33 Å². The third kappa shape index (κ3) is 1.89. The molecule has 0 spiro atoms. The van der Waals surface area contributed by atoms with Crippen LogP contribution in [-0.2, 0) is 0 Å². The van der Waals surface area contributed by atoms with Crippen molar-refractivity contribution in [2.24, 2.45) is 5.92 Å². The average molecular weight is 264 g/mol. The molecule has 1 aromatic rings. The van der Waals surface area contributed by atoms with Gasteiger partial charge >= 0.3 is 0 Å². The van der Waals surface area contributed by atoms with Crippen LogP contribution in [0.3, 0.4) is 0 Å². The Bertz CT molecular complexity index is 327. The Hall–Kier alpha value is -0.0800. The van der Waals surface area contributed by atoms with Crippen LogP contribution in [0.4, 0.5) is 4.39 Å². The molecule has 13 heavy (non-hydrogen) atoms. The maximum absolute atomic E-state index is 13.1. The van der Waals surface area contributed by atoms with Crippen molar-refractivity contribution in [2.45, 2.75) is 12.3 Å². The summed E-state index contributed by atoms with van der Waals surface area (Å²) < 4.78 is 13.1. The number of benzene rings is 1. The standard InChI is InChI=1S/C10H9BrClF/c11-5-7-3-8(7)6-1-2-9(12)10(13)4-6/h1-2,4,7-8H,3,5H2. The number of hydrogen-bond acceptors (Lipinski definition) is 0. The molecule has 0 heterocycles. The van der Waals surface area contributed by atoms with E-state index in [4.69, 9.17) is 11.6 Å². The molecule has 1 fully saturated rings. The average Bonchev–Trinajstić information content (AvgIpc) is 2.88. The number of rotatable bonds is 2. The molecule has 2 rings (SSSR count). The lowest BCUT2D eigenvalue weighted by molar-refractivity contribution is 0.625. The maximum atomic E-state index is 13.1. The predicted octanol–water partition coefficient (Wildman–Crippen LogP) is 3.98. The Kier molecular flexibility index (Phi) is 2.61. The van der Waals surface area contributed by atoms with Gasteiger partial charge in [0.1, 0.15) is 5.82 Å². The monoisotopic (exact) mass is 262 g/mol. The predicted molar refractivity (Wildman–Crippen MR) is 56.1 cm³/mol. The Morgan fingerprint density at radius 2 is 2.31 bits per heavy atom. The van der Waals surface area contributed by atoms with Crippen LogP contribution in [0, 0.1) is 11.7 Å². The van der Waals surface area contributed by atoms with E-state index in [2.05, 4.69) is 15.9 Å². The lowest BCUT2D eigenvalue weighted by Crippen LogP contribution is -1.86. The number of hydrogen-bond donors (Lipinski definition) is 0. The zero-order chi connectivity index (χ0) is 9.42. The summed E-state index contributed by atoms with van der Waals surface area (Å²) in [4.78, 5) is 0. The normalized spacial score (nSPS) is 26.1. The lowest BCUT2D eigenvalue weighted by atomic mass is 10.1. The van der Waals surface area contributed by atoms with E-state index in [-0.39, 0.29) is 10.8 Å². The van der Waals surface area contributed by atoms with Crippen LogP contribution in [0.15, 0.2) is 18.2 Å². The molecular formula is C10H9BrClF. The van der Waals surface area contributed by atoms with Crippen LogP contribution < -0.4 is 0 Å². The fourth-order valence-electron chi connectivity index (χ4n) is 1.57. The van der Waals surface area contributed by atoms with Gasteiger partial charge < -0.3 is 0 Å². The highest BCUT2D eigenvalue weighted by Crippen LogP contribution is 2.48. The largest absolute Gasteiger partial charge is 0.205 e. The molecule has 0 nitrogen and oxygen atoms in total. The maximum Gasteiger partial charge on any atom is 0.142 e. The summed E-state index contributed by atoms with van der Waals surface area (Å²) in [6, 6.07) is 5.10. The van der Waals surface area contributed by atoms with Gasteiger partial charge in [-0.2, -0.15) is 0 Å². The first-order chi connectivity index (χ1) is 6.22. The van der Waals surface area contributed by atoms with Gasteiger partial charge in [-0.1, -0.05) is 33.6 Å². The van der Waals surface area contributed by atoms with Crippen molar-refractivity contribution in [3.05, 3.63) is 34.6 Å². The van der Waals surface area contributed by atoms with E-state index < -0.39 is 0 Å². The highest BCUT2D eigenvalue weighted by Gasteiger charge is 2.37. The van der Waals surface area contributed by atoms with Crippen molar-refractivity contribution >= 4 is 27.5 Å². The van der Waals surface area contributed by atoms with Gasteiger partial charge in [-0.3, -0.25) is 0 Å². The molecule has 0 saturated heterocycles. The van der Waals surface area contributed by atoms with Crippen LogP contribution in [0.1, 0.15) is 17.9 Å². The first kappa shape index (κ1) is 9.47. The highest BCUT2D eigenvalue weighted by atomic mass is 79.9. The molecule has 0 N–H and O–H groups in total. The first-order valence-corrected chi connectivity index (χ1v) is 5.73. The molecule has 1 aliphatic carbocycles. The van der Waals surface area contributed by atoms with Gasteiger partial charge in [0.05, 0.1) is 5.02 Å². The third-order valence-corrected chi connectivity index (χ3v) is 3.63. The quantitative estimate of drug-likeness (QED) is 0.708. The van der Waals surface area contributed by atoms with Crippen LogP contribution in [0.25, 0.3) is 0 Å². The van der Waals surface area contributed by atoms with Gasteiger partial charge in [-0.05, 0) is 36.0 Å². The molecule has 1 aliphatic rings. The summed E-state index contributed by atoms with van der Waals surface area (Å²) in [6.45, 7) is 0. The van der Waals surface area contributed by atoms with Crippen molar-refractivity contribution in [1.82, 2.24) is 0 Å². The minimum atomic E-state index is -0.306. The lowest BCUT2D eigenvalue weighted by Gasteiger charge is -2.00. The summed E-state index contributed by atoms with van der Waals surface area (Å²) in [5.74, 6) is 0.908. The van der Waals surface area contributed by atoms with E-state index in [0.717, 1.165) is 17.3 Å². The summed E-state index contributed by atoms with van der Waals surface area (Å²) in [7, 11) is 0. The second-order valence-electron chi connectivity index (χ2n) is 3.43. The third-order valence-electron chi connectivity index (χ3n) is 2.49. The Morgan fingerprint density at radius 3 is 2.85 bits per heavy atom. The molecule has 1 aromatic carbocycles. The van der Waals surface area contributed by atoms with E-state index >= 15 is 0 Å². The Labute approximate surface area is 90.2 Å². The van der Waals surface area contributed by atoms with E-state index in [0.29, 0.717) is 11.8 Å². The second kappa shape index (κ2) is 3.58. The summed E-state index contributed by atoms with van der Waals surface area (Å²) >= 11 is 9.02. The molecular weight excluding hydrogens is 254 g/mol. The number of halogens is 3. The van der Waals surface area contributed by atoms with Crippen molar-refractivity contribution < 1.29 is 4.39 Å². The molecule has 0 aromatic heterocycles. The molecule has 0 amide bonds. The van der Waals surface area contributed by atoms with Gasteiger partial charge in [-0.25, -0.2) is 4.39 Å².